The van der Waals surface area contributed by atoms with Gasteiger partial charge in [0.1, 0.15) is 12.4 Å². The Labute approximate surface area is 129 Å². The van der Waals surface area contributed by atoms with Crippen molar-refractivity contribution < 1.29 is 24.4 Å². The zero-order valence-electron chi connectivity index (χ0n) is 12.2. The maximum Gasteiger partial charge on any atom is 0.303 e. The lowest BCUT2D eigenvalue weighted by Crippen LogP contribution is -2.23. The van der Waals surface area contributed by atoms with E-state index >= 15 is 0 Å². The fraction of sp³-hybridized carbons (Fsp3) is 0.538. The fourth-order valence-electron chi connectivity index (χ4n) is 1.19. The van der Waals surface area contributed by atoms with Crippen LogP contribution in [0.25, 0.3) is 5.41 Å². The molecule has 0 aliphatic heterocycles. The third-order valence-electron chi connectivity index (χ3n) is 2.15. The van der Waals surface area contributed by atoms with E-state index in [1.807, 2.05) is 7.05 Å². The Morgan fingerprint density at radius 1 is 1.33 bits per heavy atom. The predicted molar refractivity (Wildman–Crippen MR) is 81.0 cm³/mol. The van der Waals surface area contributed by atoms with Crippen LogP contribution in [-0.2, 0) is 23.2 Å². The molecule has 1 heterocycles. The zero-order valence-corrected chi connectivity index (χ0v) is 13.0. The molecule has 0 unspecified atom stereocenters. The number of aromatic nitrogens is 2. The van der Waals surface area contributed by atoms with Crippen molar-refractivity contribution in [3.63, 3.8) is 0 Å². The molecule has 0 fully saturated rings. The average Bonchev–Trinajstić information content (AvgIpc) is 2.81. The van der Waals surface area contributed by atoms with Crippen molar-refractivity contribution in [2.45, 2.75) is 39.2 Å². The van der Waals surface area contributed by atoms with Gasteiger partial charge in [-0.25, -0.2) is 9.13 Å². The fourth-order valence-corrected chi connectivity index (χ4v) is 1.19. The van der Waals surface area contributed by atoms with Gasteiger partial charge in [-0.3, -0.25) is 9.59 Å². The van der Waals surface area contributed by atoms with E-state index in [2.05, 4.69) is 47.0 Å². The van der Waals surface area contributed by atoms with E-state index in [1.165, 1.54) is 18.0 Å². The molecule has 2 N–H and O–H groups in total. The standard InChI is InChI=1S/C8H15N2.C4H6O4.CNS/c1-3-4-5-10-7-6-9(2)8-10;5-3(6)1-2-4(7)8;2-1-3/h6-8H,3-5H2,1-2H3;1-2H2,(H,5,6)(H,7,8);/q+1;;-1. The van der Waals surface area contributed by atoms with Gasteiger partial charge in [-0.2, -0.15) is 5.16 Å². The second kappa shape index (κ2) is 14.4. The van der Waals surface area contributed by atoms with Crippen molar-refractivity contribution in [3.05, 3.63) is 24.1 Å². The molecule has 0 aliphatic rings. The van der Waals surface area contributed by atoms with Crippen LogP contribution in [0.15, 0.2) is 18.7 Å². The first-order valence-electron chi connectivity index (χ1n) is 6.33. The molecule has 7 nitrogen and oxygen atoms in total. The summed E-state index contributed by atoms with van der Waals surface area (Å²) in [7, 11) is 2.04. The number of carboxylic acids is 2. The zero-order chi connectivity index (χ0) is 16.7. The summed E-state index contributed by atoms with van der Waals surface area (Å²) in [5.74, 6) is -2.15. The molecule has 0 atom stereocenters. The molecule has 0 amide bonds. The van der Waals surface area contributed by atoms with Gasteiger partial charge in [-0.1, -0.05) is 25.6 Å². The van der Waals surface area contributed by atoms with Crippen molar-refractivity contribution >= 4 is 29.3 Å². The van der Waals surface area contributed by atoms with Crippen molar-refractivity contribution in [3.8, 4) is 0 Å². The first kappa shape index (κ1) is 21.3. The van der Waals surface area contributed by atoms with Crippen LogP contribution in [0.3, 0.4) is 0 Å². The number of aryl methyl sites for hydroxylation is 2. The number of unbranched alkanes of at least 4 members (excludes halogenated alkanes) is 1. The monoisotopic (exact) mass is 315 g/mol. The molecule has 1 rings (SSSR count). The van der Waals surface area contributed by atoms with Crippen LogP contribution in [0.2, 0.25) is 0 Å². The third-order valence-corrected chi connectivity index (χ3v) is 2.15. The van der Waals surface area contributed by atoms with Crippen LogP contribution in [0, 0.1) is 0 Å². The topological polar surface area (TPSA) is 106 Å². The summed E-state index contributed by atoms with van der Waals surface area (Å²) in [6, 6.07) is 0. The van der Waals surface area contributed by atoms with E-state index < -0.39 is 11.9 Å². The lowest BCUT2D eigenvalue weighted by atomic mass is 10.3. The highest BCUT2D eigenvalue weighted by Crippen LogP contribution is 1.91. The van der Waals surface area contributed by atoms with Gasteiger partial charge in [-0.15, -0.1) is 0 Å². The molecule has 0 spiro atoms. The van der Waals surface area contributed by atoms with Crippen LogP contribution in [0.5, 0.6) is 0 Å². The highest BCUT2D eigenvalue weighted by Gasteiger charge is 2.00. The minimum atomic E-state index is -1.08. The summed E-state index contributed by atoms with van der Waals surface area (Å²) >= 11 is 3.70. The van der Waals surface area contributed by atoms with E-state index in [4.69, 9.17) is 15.6 Å². The molecule has 0 saturated carbocycles. The number of isothiocyanates is 1. The van der Waals surface area contributed by atoms with Crippen LogP contribution in [0.1, 0.15) is 32.6 Å². The number of rotatable bonds is 6. The van der Waals surface area contributed by atoms with Gasteiger partial charge >= 0.3 is 11.9 Å². The molecule has 0 saturated heterocycles. The molecule has 0 aromatic carbocycles. The second-order valence-corrected chi connectivity index (χ2v) is 4.23. The number of aliphatic carboxylic acids is 2. The number of hydrogen-bond donors (Lipinski definition) is 2. The SMILES string of the molecule is CCCCn1cc[n+](C)c1.O=C(O)CCC(=O)O.[N-]=C=S. The Kier molecular flexibility index (Phi) is 14.5. The number of hydrogen-bond acceptors (Lipinski definition) is 3. The van der Waals surface area contributed by atoms with Gasteiger partial charge in [0.25, 0.3) is 0 Å². The molecule has 1 aromatic heterocycles. The largest absolute Gasteiger partial charge is 0.753 e. The Bertz CT molecular complexity index is 440. The normalized spacial score (nSPS) is 8.48. The van der Waals surface area contributed by atoms with Crippen molar-refractivity contribution in [1.29, 1.82) is 0 Å². The van der Waals surface area contributed by atoms with Gasteiger partial charge < -0.3 is 15.6 Å². The average molecular weight is 315 g/mol. The highest BCUT2D eigenvalue weighted by molar-refractivity contribution is 7.78. The molecule has 1 aromatic rings. The summed E-state index contributed by atoms with van der Waals surface area (Å²) in [6.07, 6.45) is 8.22. The number of imidazole rings is 1. The first-order chi connectivity index (χ1) is 9.87. The smallest absolute Gasteiger partial charge is 0.303 e. The van der Waals surface area contributed by atoms with Crippen LogP contribution in [0.4, 0.5) is 0 Å². The molecule has 0 bridgehead atoms. The molecule has 0 radical (unpaired) electrons. The summed E-state index contributed by atoms with van der Waals surface area (Å²) in [6.45, 7) is 3.36. The van der Waals surface area contributed by atoms with E-state index in [0.29, 0.717) is 0 Å². The van der Waals surface area contributed by atoms with Gasteiger partial charge in [-0.05, 0) is 6.42 Å². The minimum absolute atomic E-state index is 0.296. The van der Waals surface area contributed by atoms with Crippen LogP contribution >= 0.6 is 12.2 Å². The lowest BCUT2D eigenvalue weighted by Gasteiger charge is -1.90. The number of carboxylic acid groups (broad SMARTS) is 2. The Morgan fingerprint density at radius 3 is 2.10 bits per heavy atom. The summed E-state index contributed by atoms with van der Waals surface area (Å²) in [4.78, 5) is 19.3. The number of carbonyl (C=O) groups is 2. The minimum Gasteiger partial charge on any atom is -0.753 e. The van der Waals surface area contributed by atoms with Crippen molar-refractivity contribution in [2.24, 2.45) is 7.05 Å². The van der Waals surface area contributed by atoms with Crippen LogP contribution < -0.4 is 4.57 Å². The van der Waals surface area contributed by atoms with Gasteiger partial charge in [0, 0.05) is 0 Å². The Balaban J connectivity index is 0. The summed E-state index contributed by atoms with van der Waals surface area (Å²) < 4.78 is 4.28. The van der Waals surface area contributed by atoms with Crippen molar-refractivity contribution in [1.82, 2.24) is 4.57 Å². The van der Waals surface area contributed by atoms with Crippen LogP contribution in [-0.4, -0.2) is 31.9 Å². The van der Waals surface area contributed by atoms with Gasteiger partial charge in [0.05, 0.1) is 26.4 Å². The molecule has 21 heavy (non-hydrogen) atoms. The molecule has 118 valence electrons. The Hall–Kier alpha value is -2.05. The molecular formula is C13H21N3O4S. The van der Waals surface area contributed by atoms with E-state index in [0.717, 1.165) is 6.54 Å². The van der Waals surface area contributed by atoms with Gasteiger partial charge in [0.2, 0.25) is 6.33 Å². The number of nitrogens with zero attached hydrogens (tertiary/aromatic N) is 3. The molecule has 0 aliphatic carbocycles. The van der Waals surface area contributed by atoms with Crippen molar-refractivity contribution in [2.75, 3.05) is 0 Å². The maximum absolute atomic E-state index is 9.64. The second-order valence-electron chi connectivity index (χ2n) is 4.05. The summed E-state index contributed by atoms with van der Waals surface area (Å²) in [5, 5.41) is 24.3. The summed E-state index contributed by atoms with van der Waals surface area (Å²) in [5.41, 5.74) is 0. The van der Waals surface area contributed by atoms with Gasteiger partial charge in [0.15, 0.2) is 0 Å². The third kappa shape index (κ3) is 17.9. The first-order valence-corrected chi connectivity index (χ1v) is 6.74. The van der Waals surface area contributed by atoms with E-state index in [9.17, 15) is 9.59 Å². The van der Waals surface area contributed by atoms with E-state index in [-0.39, 0.29) is 12.8 Å². The van der Waals surface area contributed by atoms with E-state index in [1.54, 1.807) is 0 Å². The number of thiocarbonyl (C=S) groups is 1. The molecular weight excluding hydrogens is 294 g/mol. The maximum atomic E-state index is 9.64. The Morgan fingerprint density at radius 2 is 1.81 bits per heavy atom. The lowest BCUT2D eigenvalue weighted by molar-refractivity contribution is -0.671. The predicted octanol–water partition coefficient (Wildman–Crippen LogP) is 1.71. The highest BCUT2D eigenvalue weighted by atomic mass is 32.1. The molecule has 8 heteroatoms. The quantitative estimate of drug-likeness (QED) is 0.472.